The van der Waals surface area contributed by atoms with Gasteiger partial charge in [-0.1, -0.05) is 11.8 Å². The lowest BCUT2D eigenvalue weighted by Crippen LogP contribution is -2.39. The van der Waals surface area contributed by atoms with Crippen LogP contribution in [0.25, 0.3) is 0 Å². The molecule has 1 N–H and O–H groups in total. The average Bonchev–Trinajstić information content (AvgIpc) is 2.75. The topological polar surface area (TPSA) is 46.9 Å². The maximum atomic E-state index is 12.1. The molecule has 0 radical (unpaired) electrons. The molecule has 0 saturated heterocycles. The van der Waals surface area contributed by atoms with E-state index in [1.807, 2.05) is 17.8 Å². The van der Waals surface area contributed by atoms with Gasteiger partial charge in [-0.3, -0.25) is 4.79 Å². The van der Waals surface area contributed by atoms with Crippen molar-refractivity contribution < 1.29 is 18.0 Å². The molecule has 1 aliphatic carbocycles. The Hall–Kier alpha value is -1.18. The van der Waals surface area contributed by atoms with Crippen molar-refractivity contribution >= 4 is 17.7 Å². The number of aryl methyl sites for hydroxylation is 1. The molecule has 1 fully saturated rings. The fourth-order valence-corrected chi connectivity index (χ4v) is 3.56. The average molecular weight is 321 g/mol. The first-order valence-corrected chi connectivity index (χ1v) is 7.71. The summed E-state index contributed by atoms with van der Waals surface area (Å²) in [4.78, 5) is 15.5. The third kappa shape index (κ3) is 5.26. The van der Waals surface area contributed by atoms with E-state index in [4.69, 9.17) is 0 Å². The lowest BCUT2D eigenvalue weighted by Gasteiger charge is -2.28. The summed E-state index contributed by atoms with van der Waals surface area (Å²) in [6, 6.07) is -0.141. The van der Waals surface area contributed by atoms with Crippen LogP contribution in [-0.2, 0) is 11.8 Å². The largest absolute Gasteiger partial charge is 0.397 e. The summed E-state index contributed by atoms with van der Waals surface area (Å²) < 4.78 is 38.2. The van der Waals surface area contributed by atoms with Crippen LogP contribution in [0.2, 0.25) is 0 Å². The first-order chi connectivity index (χ1) is 9.83. The Balaban J connectivity index is 1.73. The van der Waals surface area contributed by atoms with Gasteiger partial charge in [0.05, 0.1) is 0 Å². The Morgan fingerprint density at radius 1 is 1.43 bits per heavy atom. The van der Waals surface area contributed by atoms with Gasteiger partial charge in [0.15, 0.2) is 5.16 Å². The summed E-state index contributed by atoms with van der Waals surface area (Å²) in [5, 5.41) is 3.83. The van der Waals surface area contributed by atoms with Crippen LogP contribution in [0, 0.1) is 0 Å². The SMILES string of the molecule is Cn1ccnc1SC1CCC(NC(=O)CC(F)(F)F)CC1. The summed E-state index contributed by atoms with van der Waals surface area (Å²) in [6.45, 7) is 0. The van der Waals surface area contributed by atoms with E-state index in [1.165, 1.54) is 0 Å². The summed E-state index contributed by atoms with van der Waals surface area (Å²) in [5.41, 5.74) is 0. The van der Waals surface area contributed by atoms with Gasteiger partial charge in [-0.25, -0.2) is 4.98 Å². The fraction of sp³-hybridized carbons (Fsp3) is 0.692. The van der Waals surface area contributed by atoms with Gasteiger partial charge in [0, 0.05) is 30.7 Å². The van der Waals surface area contributed by atoms with E-state index in [1.54, 1.807) is 18.0 Å². The zero-order valence-corrected chi connectivity index (χ0v) is 12.5. The highest BCUT2D eigenvalue weighted by molar-refractivity contribution is 7.99. The number of halogens is 3. The van der Waals surface area contributed by atoms with Crippen LogP contribution in [-0.4, -0.2) is 32.9 Å². The number of imidazole rings is 1. The van der Waals surface area contributed by atoms with Crippen LogP contribution < -0.4 is 5.32 Å². The van der Waals surface area contributed by atoms with Crippen molar-refractivity contribution in [3.63, 3.8) is 0 Å². The summed E-state index contributed by atoms with van der Waals surface area (Å²) >= 11 is 1.69. The first kappa shape index (κ1) is 16.2. The molecule has 0 bridgehead atoms. The Bertz CT molecular complexity index is 481. The normalized spacial score (nSPS) is 23.0. The number of aromatic nitrogens is 2. The van der Waals surface area contributed by atoms with Gasteiger partial charge in [0.25, 0.3) is 0 Å². The Labute approximate surface area is 125 Å². The molecule has 0 aliphatic heterocycles. The molecule has 21 heavy (non-hydrogen) atoms. The molecule has 2 rings (SSSR count). The number of carbonyl (C=O) groups excluding carboxylic acids is 1. The van der Waals surface area contributed by atoms with E-state index in [2.05, 4.69) is 10.3 Å². The van der Waals surface area contributed by atoms with Crippen molar-refractivity contribution in [3.05, 3.63) is 12.4 Å². The number of hydrogen-bond donors (Lipinski definition) is 1. The highest BCUT2D eigenvalue weighted by atomic mass is 32.2. The van der Waals surface area contributed by atoms with E-state index in [-0.39, 0.29) is 6.04 Å². The van der Waals surface area contributed by atoms with Crippen LogP contribution in [0.5, 0.6) is 0 Å². The molecule has 1 saturated carbocycles. The molecular formula is C13H18F3N3OS. The Kier molecular flexibility index (Phi) is 5.18. The van der Waals surface area contributed by atoms with Gasteiger partial charge in [-0.05, 0) is 25.7 Å². The van der Waals surface area contributed by atoms with E-state index < -0.39 is 18.5 Å². The minimum absolute atomic E-state index is 0.141. The minimum atomic E-state index is -4.44. The van der Waals surface area contributed by atoms with Crippen molar-refractivity contribution in [3.8, 4) is 0 Å². The van der Waals surface area contributed by atoms with Crippen molar-refractivity contribution in [1.29, 1.82) is 0 Å². The first-order valence-electron chi connectivity index (χ1n) is 6.83. The second kappa shape index (κ2) is 6.72. The van der Waals surface area contributed by atoms with Gasteiger partial charge in [-0.15, -0.1) is 0 Å². The standard InChI is InChI=1S/C13H18F3N3OS/c1-19-7-6-17-12(19)21-10-4-2-9(3-5-10)18-11(20)8-13(14,15)16/h6-7,9-10H,2-5,8H2,1H3,(H,18,20). The van der Waals surface area contributed by atoms with Crippen LogP contribution in [0.4, 0.5) is 13.2 Å². The number of nitrogens with zero attached hydrogens (tertiary/aromatic N) is 2. The molecule has 1 aliphatic rings. The van der Waals surface area contributed by atoms with Crippen LogP contribution in [0.3, 0.4) is 0 Å². The smallest absolute Gasteiger partial charge is 0.353 e. The molecule has 1 heterocycles. The van der Waals surface area contributed by atoms with Gasteiger partial charge < -0.3 is 9.88 Å². The van der Waals surface area contributed by atoms with Gasteiger partial charge >= 0.3 is 6.18 Å². The highest BCUT2D eigenvalue weighted by Gasteiger charge is 2.32. The number of nitrogens with one attached hydrogen (secondary N) is 1. The van der Waals surface area contributed by atoms with Crippen molar-refractivity contribution in [2.45, 2.75) is 54.7 Å². The fourth-order valence-electron chi connectivity index (χ4n) is 2.40. The summed E-state index contributed by atoms with van der Waals surface area (Å²) in [7, 11) is 1.93. The maximum Gasteiger partial charge on any atom is 0.397 e. The minimum Gasteiger partial charge on any atom is -0.353 e. The zero-order chi connectivity index (χ0) is 15.5. The third-order valence-corrected chi connectivity index (χ3v) is 4.86. The second-order valence-electron chi connectivity index (χ2n) is 5.27. The molecule has 8 heteroatoms. The van der Waals surface area contributed by atoms with E-state index in [0.717, 1.165) is 18.0 Å². The number of hydrogen-bond acceptors (Lipinski definition) is 3. The predicted molar refractivity (Wildman–Crippen MR) is 73.9 cm³/mol. The molecule has 0 spiro atoms. The van der Waals surface area contributed by atoms with E-state index in [0.29, 0.717) is 18.1 Å². The molecule has 1 aromatic rings. The van der Waals surface area contributed by atoms with Gasteiger partial charge in [0.2, 0.25) is 5.91 Å². The van der Waals surface area contributed by atoms with Crippen molar-refractivity contribution in [1.82, 2.24) is 14.9 Å². The predicted octanol–water partition coefficient (Wildman–Crippen LogP) is 2.89. The van der Waals surface area contributed by atoms with Crippen LogP contribution >= 0.6 is 11.8 Å². The number of alkyl halides is 3. The van der Waals surface area contributed by atoms with Crippen molar-refractivity contribution in [2.24, 2.45) is 7.05 Å². The monoisotopic (exact) mass is 321 g/mol. The zero-order valence-electron chi connectivity index (χ0n) is 11.7. The summed E-state index contributed by atoms with van der Waals surface area (Å²) in [5.74, 6) is -0.928. The Morgan fingerprint density at radius 3 is 2.62 bits per heavy atom. The van der Waals surface area contributed by atoms with Crippen LogP contribution in [0.15, 0.2) is 17.6 Å². The molecule has 1 amide bonds. The number of rotatable bonds is 4. The molecule has 118 valence electrons. The molecule has 4 nitrogen and oxygen atoms in total. The number of thioether (sulfide) groups is 1. The summed E-state index contributed by atoms with van der Waals surface area (Å²) in [6.07, 6.45) is 0.960. The van der Waals surface area contributed by atoms with E-state index >= 15 is 0 Å². The van der Waals surface area contributed by atoms with E-state index in [9.17, 15) is 18.0 Å². The molecular weight excluding hydrogens is 303 g/mol. The van der Waals surface area contributed by atoms with Crippen molar-refractivity contribution in [2.75, 3.05) is 0 Å². The maximum absolute atomic E-state index is 12.1. The molecule has 0 aromatic carbocycles. The quantitative estimate of drug-likeness (QED) is 0.927. The lowest BCUT2D eigenvalue weighted by molar-refractivity contribution is -0.154. The lowest BCUT2D eigenvalue weighted by atomic mass is 9.95. The number of amides is 1. The molecule has 1 aromatic heterocycles. The van der Waals surface area contributed by atoms with Gasteiger partial charge in [0.1, 0.15) is 6.42 Å². The molecule has 0 atom stereocenters. The van der Waals surface area contributed by atoms with Gasteiger partial charge in [-0.2, -0.15) is 13.2 Å². The highest BCUT2D eigenvalue weighted by Crippen LogP contribution is 2.32. The Morgan fingerprint density at radius 2 is 2.10 bits per heavy atom. The van der Waals surface area contributed by atoms with Crippen LogP contribution in [0.1, 0.15) is 32.1 Å². The molecule has 0 unspecified atom stereocenters. The number of carbonyl (C=O) groups is 1. The second-order valence-corrected chi connectivity index (χ2v) is 6.54. The third-order valence-electron chi connectivity index (χ3n) is 3.45.